The van der Waals surface area contributed by atoms with E-state index >= 15 is 0 Å². The van der Waals surface area contributed by atoms with Crippen molar-refractivity contribution in [2.45, 2.75) is 26.8 Å². The Hall–Kier alpha value is -3.26. The van der Waals surface area contributed by atoms with Gasteiger partial charge < -0.3 is 4.74 Å². The summed E-state index contributed by atoms with van der Waals surface area (Å²) in [4.78, 5) is 31.4. The normalized spacial score (nSPS) is 16.4. The molecular weight excluding hydrogens is 400 g/mol. The number of rotatable bonds is 4. The molecular formula is C22H22N4O3S. The molecule has 0 N–H and O–H groups in total. The van der Waals surface area contributed by atoms with Crippen LogP contribution in [0.25, 0.3) is 6.08 Å². The van der Waals surface area contributed by atoms with Gasteiger partial charge in [-0.15, -0.1) is 0 Å². The number of hydrogen-bond acceptors (Lipinski definition) is 6. The molecule has 8 heteroatoms. The Bertz CT molecular complexity index is 1330. The molecule has 1 unspecified atom stereocenters. The first kappa shape index (κ1) is 20.0. The van der Waals surface area contributed by atoms with Crippen LogP contribution in [-0.4, -0.2) is 26.9 Å². The summed E-state index contributed by atoms with van der Waals surface area (Å²) in [6.45, 7) is 5.74. The summed E-state index contributed by atoms with van der Waals surface area (Å²) in [5.41, 5.74) is 3.43. The summed E-state index contributed by atoms with van der Waals surface area (Å²) in [7, 11) is 1.86. The SMILES string of the molecule is CCOC(=O)C1=C(C)N=c2sc(=Cc3cnn(C)c3C)c(=O)n2C1c1ccccc1. The van der Waals surface area contributed by atoms with E-state index in [9.17, 15) is 9.59 Å². The topological polar surface area (TPSA) is 78.5 Å². The number of hydrogen-bond donors (Lipinski definition) is 0. The van der Waals surface area contributed by atoms with Crippen molar-refractivity contribution in [1.82, 2.24) is 14.3 Å². The summed E-state index contributed by atoms with van der Waals surface area (Å²) in [5.74, 6) is -0.454. The van der Waals surface area contributed by atoms with E-state index in [1.807, 2.05) is 50.4 Å². The number of thiazole rings is 1. The van der Waals surface area contributed by atoms with E-state index in [0.29, 0.717) is 20.6 Å². The number of carbonyl (C=O) groups is 1. The summed E-state index contributed by atoms with van der Waals surface area (Å²) in [5, 5.41) is 4.24. The molecule has 1 aromatic carbocycles. The number of fused-ring (bicyclic) bond motifs is 1. The van der Waals surface area contributed by atoms with Crippen molar-refractivity contribution in [2.24, 2.45) is 12.0 Å². The molecule has 1 aliphatic heterocycles. The van der Waals surface area contributed by atoms with Crippen LogP contribution < -0.4 is 14.9 Å². The molecule has 7 nitrogen and oxygen atoms in total. The third-order valence-corrected chi connectivity index (χ3v) is 6.18. The van der Waals surface area contributed by atoms with E-state index < -0.39 is 12.0 Å². The lowest BCUT2D eigenvalue weighted by molar-refractivity contribution is -0.139. The van der Waals surface area contributed by atoms with Gasteiger partial charge in [-0.25, -0.2) is 9.79 Å². The molecule has 0 fully saturated rings. The zero-order valence-electron chi connectivity index (χ0n) is 17.2. The van der Waals surface area contributed by atoms with Crippen molar-refractivity contribution >= 4 is 23.4 Å². The van der Waals surface area contributed by atoms with Crippen LogP contribution in [0.2, 0.25) is 0 Å². The minimum Gasteiger partial charge on any atom is -0.463 e. The highest BCUT2D eigenvalue weighted by molar-refractivity contribution is 7.07. The number of benzene rings is 1. The van der Waals surface area contributed by atoms with Gasteiger partial charge in [0.05, 0.1) is 34.6 Å². The second-order valence-electron chi connectivity index (χ2n) is 7.02. The molecule has 0 saturated heterocycles. The summed E-state index contributed by atoms with van der Waals surface area (Å²) in [6.07, 6.45) is 3.56. The van der Waals surface area contributed by atoms with Crippen LogP contribution in [0.5, 0.6) is 0 Å². The molecule has 4 rings (SSSR count). The lowest BCUT2D eigenvalue weighted by Gasteiger charge is -2.24. The monoisotopic (exact) mass is 422 g/mol. The minimum atomic E-state index is -0.585. The first-order valence-corrected chi connectivity index (χ1v) is 10.5. The van der Waals surface area contributed by atoms with Gasteiger partial charge in [0.2, 0.25) is 0 Å². The van der Waals surface area contributed by atoms with Crippen LogP contribution in [0.15, 0.2) is 57.6 Å². The van der Waals surface area contributed by atoms with Crippen molar-refractivity contribution in [2.75, 3.05) is 6.61 Å². The number of nitrogens with zero attached hydrogens (tertiary/aromatic N) is 4. The number of allylic oxidation sites excluding steroid dienone is 1. The second kappa shape index (κ2) is 7.87. The zero-order valence-corrected chi connectivity index (χ0v) is 18.1. The van der Waals surface area contributed by atoms with Gasteiger partial charge in [-0.1, -0.05) is 41.7 Å². The Morgan fingerprint density at radius 2 is 2.00 bits per heavy atom. The molecule has 0 radical (unpaired) electrons. The van der Waals surface area contributed by atoms with Crippen LogP contribution in [0.1, 0.15) is 36.7 Å². The van der Waals surface area contributed by atoms with Gasteiger partial charge in [0.25, 0.3) is 5.56 Å². The third kappa shape index (κ3) is 3.33. The van der Waals surface area contributed by atoms with Crippen molar-refractivity contribution < 1.29 is 9.53 Å². The molecule has 0 bridgehead atoms. The smallest absolute Gasteiger partial charge is 0.338 e. The van der Waals surface area contributed by atoms with Crippen LogP contribution in [0.4, 0.5) is 0 Å². The van der Waals surface area contributed by atoms with Gasteiger partial charge in [-0.3, -0.25) is 14.0 Å². The van der Waals surface area contributed by atoms with Gasteiger partial charge in [-0.2, -0.15) is 5.10 Å². The van der Waals surface area contributed by atoms with Crippen molar-refractivity contribution in [3.05, 3.63) is 84.3 Å². The Balaban J connectivity index is 1.97. The second-order valence-corrected chi connectivity index (χ2v) is 8.03. The van der Waals surface area contributed by atoms with E-state index in [4.69, 9.17) is 4.74 Å². The molecule has 30 heavy (non-hydrogen) atoms. The Labute approximate surface area is 177 Å². The number of ether oxygens (including phenoxy) is 1. The molecule has 0 aliphatic carbocycles. The molecule has 3 aromatic rings. The van der Waals surface area contributed by atoms with Gasteiger partial charge in [0.15, 0.2) is 4.80 Å². The Morgan fingerprint density at radius 1 is 1.27 bits per heavy atom. The quantitative estimate of drug-likeness (QED) is 0.601. The maximum atomic E-state index is 13.4. The van der Waals surface area contributed by atoms with Gasteiger partial charge >= 0.3 is 5.97 Å². The fraction of sp³-hybridized carbons (Fsp3) is 0.273. The lowest BCUT2D eigenvalue weighted by Crippen LogP contribution is -2.39. The predicted octanol–water partition coefficient (Wildman–Crippen LogP) is 1.84. The summed E-state index contributed by atoms with van der Waals surface area (Å²) >= 11 is 1.31. The standard InChI is InChI=1S/C22H22N4O3S/c1-5-29-21(28)18-13(2)24-22-26(19(18)15-9-7-6-8-10-15)20(27)17(30-22)11-16-12-23-25(4)14(16)3/h6-12,19H,5H2,1-4H3. The molecule has 0 spiro atoms. The minimum absolute atomic E-state index is 0.190. The third-order valence-electron chi connectivity index (χ3n) is 5.19. The van der Waals surface area contributed by atoms with Gasteiger partial charge in [0, 0.05) is 18.3 Å². The highest BCUT2D eigenvalue weighted by Gasteiger charge is 2.33. The van der Waals surface area contributed by atoms with Crippen LogP contribution >= 0.6 is 11.3 Å². The first-order chi connectivity index (χ1) is 14.4. The number of esters is 1. The lowest BCUT2D eigenvalue weighted by atomic mass is 9.96. The number of carbonyl (C=O) groups excluding carboxylic acids is 1. The predicted molar refractivity (Wildman–Crippen MR) is 115 cm³/mol. The van der Waals surface area contributed by atoms with E-state index in [1.54, 1.807) is 29.3 Å². The highest BCUT2D eigenvalue weighted by atomic mass is 32.1. The van der Waals surface area contributed by atoms with Crippen LogP contribution in [-0.2, 0) is 16.6 Å². The average molecular weight is 423 g/mol. The largest absolute Gasteiger partial charge is 0.463 e. The van der Waals surface area contributed by atoms with E-state index in [0.717, 1.165) is 16.8 Å². The van der Waals surface area contributed by atoms with Crippen LogP contribution in [0.3, 0.4) is 0 Å². The molecule has 0 amide bonds. The first-order valence-electron chi connectivity index (χ1n) is 9.65. The maximum absolute atomic E-state index is 13.4. The molecule has 1 atom stereocenters. The van der Waals surface area contributed by atoms with Crippen molar-refractivity contribution in [3.63, 3.8) is 0 Å². The maximum Gasteiger partial charge on any atom is 0.338 e. The highest BCUT2D eigenvalue weighted by Crippen LogP contribution is 2.30. The zero-order chi connectivity index (χ0) is 21.4. The van der Waals surface area contributed by atoms with Gasteiger partial charge in [0.1, 0.15) is 0 Å². The van der Waals surface area contributed by atoms with E-state index in [-0.39, 0.29) is 12.2 Å². The number of aryl methyl sites for hydroxylation is 1. The Kier molecular flexibility index (Phi) is 5.26. The van der Waals surface area contributed by atoms with Crippen LogP contribution in [0, 0.1) is 6.92 Å². The Morgan fingerprint density at radius 3 is 2.63 bits per heavy atom. The molecule has 3 heterocycles. The fourth-order valence-corrected chi connectivity index (χ4v) is 4.58. The van der Waals surface area contributed by atoms with E-state index in [1.165, 1.54) is 11.3 Å². The molecule has 154 valence electrons. The molecule has 2 aromatic heterocycles. The molecule has 0 saturated carbocycles. The average Bonchev–Trinajstić information content (AvgIpc) is 3.21. The fourth-order valence-electron chi connectivity index (χ4n) is 3.54. The van der Waals surface area contributed by atoms with Crippen molar-refractivity contribution in [1.29, 1.82) is 0 Å². The molecule has 1 aliphatic rings. The van der Waals surface area contributed by atoms with E-state index in [2.05, 4.69) is 10.1 Å². The summed E-state index contributed by atoms with van der Waals surface area (Å²) in [6, 6.07) is 8.92. The number of aromatic nitrogens is 3. The summed E-state index contributed by atoms with van der Waals surface area (Å²) < 4.78 is 9.19. The van der Waals surface area contributed by atoms with Gasteiger partial charge in [-0.05, 0) is 32.4 Å². The van der Waals surface area contributed by atoms with Crippen molar-refractivity contribution in [3.8, 4) is 0 Å².